The maximum atomic E-state index is 13.5. The van der Waals surface area contributed by atoms with Crippen LogP contribution in [-0.4, -0.2) is 42.0 Å². The fourth-order valence-corrected chi connectivity index (χ4v) is 4.45. The molecular formula is C24H20N4O7S. The molecule has 3 aromatic carbocycles. The lowest BCUT2D eigenvalue weighted by atomic mass is 10.1. The molecule has 4 rings (SSSR count). The Morgan fingerprint density at radius 3 is 2.31 bits per heavy atom. The van der Waals surface area contributed by atoms with Crippen molar-refractivity contribution < 1.29 is 27.7 Å². The predicted molar refractivity (Wildman–Crippen MR) is 128 cm³/mol. The molecule has 0 radical (unpaired) electrons. The van der Waals surface area contributed by atoms with Crippen LogP contribution in [0.1, 0.15) is 22.3 Å². The van der Waals surface area contributed by atoms with Crippen molar-refractivity contribution in [2.24, 2.45) is 5.14 Å². The van der Waals surface area contributed by atoms with E-state index in [9.17, 15) is 32.9 Å². The summed E-state index contributed by atoms with van der Waals surface area (Å²) in [6.07, 6.45) is -0.316. The molecule has 1 aliphatic heterocycles. The number of anilines is 1. The number of imide groups is 1. The van der Waals surface area contributed by atoms with Crippen molar-refractivity contribution in [2.75, 3.05) is 4.90 Å². The molecule has 3 amide bonds. The van der Waals surface area contributed by atoms with Gasteiger partial charge in [-0.1, -0.05) is 36.4 Å². The first-order chi connectivity index (χ1) is 17.1. The Balaban J connectivity index is 1.69. The number of primary sulfonamides is 1. The number of benzene rings is 3. The highest BCUT2D eigenvalue weighted by atomic mass is 32.2. The third-order valence-corrected chi connectivity index (χ3v) is 6.61. The van der Waals surface area contributed by atoms with Crippen LogP contribution in [0.3, 0.4) is 0 Å². The average Bonchev–Trinajstić information content (AvgIpc) is 3.15. The van der Waals surface area contributed by atoms with Crippen LogP contribution in [0.5, 0.6) is 0 Å². The van der Waals surface area contributed by atoms with Gasteiger partial charge in [-0.05, 0) is 35.9 Å². The van der Waals surface area contributed by atoms with Gasteiger partial charge in [0.25, 0.3) is 17.5 Å². The highest BCUT2D eigenvalue weighted by molar-refractivity contribution is 7.89. The van der Waals surface area contributed by atoms with Gasteiger partial charge in [0.2, 0.25) is 15.9 Å². The number of nitro groups is 1. The van der Waals surface area contributed by atoms with Crippen LogP contribution in [0, 0.1) is 10.1 Å². The van der Waals surface area contributed by atoms with Gasteiger partial charge in [-0.3, -0.25) is 24.5 Å². The second-order valence-corrected chi connectivity index (χ2v) is 9.61. The van der Waals surface area contributed by atoms with E-state index in [1.807, 2.05) is 0 Å². The summed E-state index contributed by atoms with van der Waals surface area (Å²) < 4.78 is 23.1. The second-order valence-electron chi connectivity index (χ2n) is 8.05. The van der Waals surface area contributed by atoms with Gasteiger partial charge in [-0.25, -0.2) is 18.5 Å². The van der Waals surface area contributed by atoms with Crippen molar-refractivity contribution in [1.29, 1.82) is 0 Å². The summed E-state index contributed by atoms with van der Waals surface area (Å²) in [4.78, 5) is 52.3. The lowest BCUT2D eigenvalue weighted by Gasteiger charge is -2.28. The van der Waals surface area contributed by atoms with Crippen molar-refractivity contribution >= 4 is 39.1 Å². The van der Waals surface area contributed by atoms with Gasteiger partial charge < -0.3 is 4.90 Å². The van der Waals surface area contributed by atoms with E-state index in [1.165, 1.54) is 47.4 Å². The number of carbonyl (C=O) groups is 3. The SMILES string of the molecule is NS(=O)(=O)c1ccc(N2C(=O)CC(N(Cc3ccccc3)C(=O)c3cccc([N+](=O)[O-])c3)C2=O)cc1. The molecular weight excluding hydrogens is 488 g/mol. The van der Waals surface area contributed by atoms with Crippen LogP contribution in [0.4, 0.5) is 11.4 Å². The van der Waals surface area contributed by atoms with Crippen LogP contribution in [0.2, 0.25) is 0 Å². The van der Waals surface area contributed by atoms with E-state index in [1.54, 1.807) is 30.3 Å². The average molecular weight is 509 g/mol. The normalized spacial score (nSPS) is 15.7. The van der Waals surface area contributed by atoms with Crippen molar-refractivity contribution in [1.82, 2.24) is 4.90 Å². The molecule has 1 unspecified atom stereocenters. The molecule has 1 fully saturated rings. The summed E-state index contributed by atoms with van der Waals surface area (Å²) in [7, 11) is -3.97. The summed E-state index contributed by atoms with van der Waals surface area (Å²) in [6.45, 7) is -0.0236. The fraction of sp³-hybridized carbons (Fsp3) is 0.125. The number of hydrogen-bond acceptors (Lipinski definition) is 7. The second kappa shape index (κ2) is 9.68. The third kappa shape index (κ3) is 4.99. The Hall–Kier alpha value is -4.42. The maximum Gasteiger partial charge on any atom is 0.270 e. The smallest absolute Gasteiger partial charge is 0.270 e. The van der Waals surface area contributed by atoms with E-state index >= 15 is 0 Å². The maximum absolute atomic E-state index is 13.5. The van der Waals surface area contributed by atoms with E-state index in [0.717, 1.165) is 11.0 Å². The van der Waals surface area contributed by atoms with Gasteiger partial charge in [0.05, 0.1) is 21.9 Å². The molecule has 1 aliphatic rings. The quantitative estimate of drug-likeness (QED) is 0.291. The molecule has 12 heteroatoms. The molecule has 184 valence electrons. The monoisotopic (exact) mass is 508 g/mol. The highest BCUT2D eigenvalue weighted by Crippen LogP contribution is 2.29. The number of nitro benzene ring substituents is 1. The van der Waals surface area contributed by atoms with Crippen LogP contribution < -0.4 is 10.0 Å². The van der Waals surface area contributed by atoms with Crippen molar-refractivity contribution in [3.63, 3.8) is 0 Å². The minimum atomic E-state index is -3.97. The van der Waals surface area contributed by atoms with Crippen LogP contribution in [0.15, 0.2) is 83.8 Å². The zero-order chi connectivity index (χ0) is 26.0. The number of rotatable bonds is 7. The summed E-state index contributed by atoms with van der Waals surface area (Å²) in [5.74, 6) is -1.92. The van der Waals surface area contributed by atoms with Crippen LogP contribution >= 0.6 is 0 Å². The van der Waals surface area contributed by atoms with Crippen molar-refractivity contribution in [2.45, 2.75) is 23.9 Å². The summed E-state index contributed by atoms with van der Waals surface area (Å²) in [5, 5.41) is 16.3. The van der Waals surface area contributed by atoms with Gasteiger partial charge in [0.15, 0.2) is 0 Å². The van der Waals surface area contributed by atoms with Gasteiger partial charge in [0.1, 0.15) is 6.04 Å². The van der Waals surface area contributed by atoms with E-state index < -0.39 is 38.7 Å². The Kier molecular flexibility index (Phi) is 6.64. The van der Waals surface area contributed by atoms with Crippen LogP contribution in [0.25, 0.3) is 0 Å². The minimum absolute atomic E-state index is 0.00339. The Morgan fingerprint density at radius 1 is 1.03 bits per heavy atom. The number of sulfonamides is 1. The van der Waals surface area contributed by atoms with E-state index in [-0.39, 0.29) is 34.8 Å². The number of carbonyl (C=O) groups excluding carboxylic acids is 3. The number of hydrogen-bond donors (Lipinski definition) is 1. The molecule has 0 spiro atoms. The topological polar surface area (TPSA) is 161 Å². The molecule has 36 heavy (non-hydrogen) atoms. The lowest BCUT2D eigenvalue weighted by molar-refractivity contribution is -0.384. The molecule has 1 atom stereocenters. The molecule has 1 heterocycles. The molecule has 0 bridgehead atoms. The summed E-state index contributed by atoms with van der Waals surface area (Å²) >= 11 is 0. The van der Waals surface area contributed by atoms with Gasteiger partial charge >= 0.3 is 0 Å². The first kappa shape index (κ1) is 24.7. The van der Waals surface area contributed by atoms with E-state index in [4.69, 9.17) is 5.14 Å². The van der Waals surface area contributed by atoms with E-state index in [2.05, 4.69) is 0 Å². The molecule has 0 saturated carbocycles. The molecule has 0 aromatic heterocycles. The molecule has 0 aliphatic carbocycles. The first-order valence-electron chi connectivity index (χ1n) is 10.7. The minimum Gasteiger partial charge on any atom is -0.322 e. The van der Waals surface area contributed by atoms with Gasteiger partial charge in [-0.15, -0.1) is 0 Å². The largest absolute Gasteiger partial charge is 0.322 e. The van der Waals surface area contributed by atoms with Crippen molar-refractivity contribution in [3.8, 4) is 0 Å². The molecule has 3 aromatic rings. The molecule has 1 saturated heterocycles. The predicted octanol–water partition coefficient (Wildman–Crippen LogP) is 2.22. The summed E-state index contributed by atoms with van der Waals surface area (Å²) in [5.41, 5.74) is 0.525. The zero-order valence-corrected chi connectivity index (χ0v) is 19.5. The van der Waals surface area contributed by atoms with Crippen LogP contribution in [-0.2, 0) is 26.2 Å². The standard InChI is InChI=1S/C24H20N4O7S/c25-36(34,35)20-11-9-18(10-12-20)27-22(29)14-21(24(27)31)26(15-16-5-2-1-3-6-16)23(30)17-7-4-8-19(13-17)28(32)33/h1-13,21H,14-15H2,(H2,25,34,35). The summed E-state index contributed by atoms with van der Waals surface area (Å²) in [6, 6.07) is 17.7. The number of non-ortho nitro benzene ring substituents is 1. The third-order valence-electron chi connectivity index (χ3n) is 5.68. The Morgan fingerprint density at radius 2 is 1.69 bits per heavy atom. The lowest BCUT2D eigenvalue weighted by Crippen LogP contribution is -2.45. The Labute approximate surface area is 205 Å². The number of nitrogens with two attached hydrogens (primary N) is 1. The van der Waals surface area contributed by atoms with Gasteiger partial charge in [0, 0.05) is 24.2 Å². The van der Waals surface area contributed by atoms with E-state index in [0.29, 0.717) is 5.56 Å². The molecule has 11 nitrogen and oxygen atoms in total. The first-order valence-corrected chi connectivity index (χ1v) is 12.2. The fourth-order valence-electron chi connectivity index (χ4n) is 3.94. The Bertz CT molecular complexity index is 1460. The highest BCUT2D eigenvalue weighted by Gasteiger charge is 2.44. The van der Waals surface area contributed by atoms with Gasteiger partial charge in [-0.2, -0.15) is 0 Å². The molecule has 2 N–H and O–H groups in total. The number of nitrogens with zero attached hydrogens (tertiary/aromatic N) is 3. The van der Waals surface area contributed by atoms with Crippen molar-refractivity contribution in [3.05, 3.63) is 100 Å². The number of amides is 3. The zero-order valence-electron chi connectivity index (χ0n) is 18.7.